The number of esters is 1. The van der Waals surface area contributed by atoms with Gasteiger partial charge in [0.05, 0.1) is 18.2 Å². The summed E-state index contributed by atoms with van der Waals surface area (Å²) < 4.78 is 10.2. The van der Waals surface area contributed by atoms with Gasteiger partial charge in [-0.1, -0.05) is 0 Å². The van der Waals surface area contributed by atoms with Crippen molar-refractivity contribution < 1.29 is 14.3 Å². The Kier molecular flexibility index (Phi) is 5.04. The van der Waals surface area contributed by atoms with Gasteiger partial charge in [0.25, 0.3) is 0 Å². The minimum Gasteiger partial charge on any atom is -0.462 e. The lowest BCUT2D eigenvalue weighted by molar-refractivity contribution is 0.0111. The number of carbonyl (C=O) groups excluding carboxylic acids is 1. The summed E-state index contributed by atoms with van der Waals surface area (Å²) in [5.41, 5.74) is 0.112. The Labute approximate surface area is 111 Å². The summed E-state index contributed by atoms with van der Waals surface area (Å²) in [5.74, 6) is 0.132. The van der Waals surface area contributed by atoms with Crippen LogP contribution < -0.4 is 0 Å². The summed E-state index contributed by atoms with van der Waals surface area (Å²) in [6.45, 7) is 5.71. The van der Waals surface area contributed by atoms with Gasteiger partial charge in [-0.2, -0.15) is 0 Å². The van der Waals surface area contributed by atoms with E-state index < -0.39 is 11.6 Å². The van der Waals surface area contributed by atoms with E-state index in [9.17, 15) is 4.79 Å². The van der Waals surface area contributed by atoms with Gasteiger partial charge in [0.1, 0.15) is 11.2 Å². The molecule has 1 heterocycles. The van der Waals surface area contributed by atoms with Crippen molar-refractivity contribution in [1.82, 2.24) is 9.97 Å². The molecule has 0 radical (unpaired) electrons. The Balaban J connectivity index is 3.15. The van der Waals surface area contributed by atoms with E-state index in [0.717, 1.165) is 0 Å². The average molecular weight is 273 g/mol. The maximum atomic E-state index is 11.7. The fourth-order valence-electron chi connectivity index (χ4n) is 1.28. The quantitative estimate of drug-likeness (QED) is 0.608. The largest absolute Gasteiger partial charge is 0.462 e. The minimum absolute atomic E-state index is 0.115. The molecular formula is C12H17ClN2O3. The predicted octanol–water partition coefficient (Wildman–Crippen LogP) is 2.27. The zero-order valence-corrected chi connectivity index (χ0v) is 11.7. The van der Waals surface area contributed by atoms with Crippen LogP contribution in [0.25, 0.3) is 0 Å². The highest BCUT2D eigenvalue weighted by atomic mass is 35.5. The van der Waals surface area contributed by atoms with Gasteiger partial charge in [-0.25, -0.2) is 14.8 Å². The highest BCUT2D eigenvalue weighted by Gasteiger charge is 2.25. The van der Waals surface area contributed by atoms with Crippen LogP contribution in [-0.4, -0.2) is 29.7 Å². The summed E-state index contributed by atoms with van der Waals surface area (Å²) in [6.07, 6.45) is 1.43. The molecule has 0 saturated heterocycles. The van der Waals surface area contributed by atoms with E-state index in [2.05, 4.69) is 9.97 Å². The molecule has 0 amide bonds. The molecule has 0 atom stereocenters. The molecule has 1 rings (SSSR count). The Bertz CT molecular complexity index is 435. The van der Waals surface area contributed by atoms with Crippen molar-refractivity contribution in [3.8, 4) is 0 Å². The van der Waals surface area contributed by atoms with E-state index in [1.54, 1.807) is 14.0 Å². The lowest BCUT2D eigenvalue weighted by Gasteiger charge is -2.21. The maximum Gasteiger partial charge on any atom is 0.341 e. The van der Waals surface area contributed by atoms with E-state index in [1.165, 1.54) is 6.20 Å². The van der Waals surface area contributed by atoms with Crippen LogP contribution >= 0.6 is 11.6 Å². The summed E-state index contributed by atoms with van der Waals surface area (Å²) in [7, 11) is 1.57. The second kappa shape index (κ2) is 6.11. The van der Waals surface area contributed by atoms with Crippen molar-refractivity contribution in [1.29, 1.82) is 0 Å². The number of nitrogens with zero attached hydrogens (tertiary/aromatic N) is 2. The van der Waals surface area contributed by atoms with Crippen LogP contribution in [0.2, 0.25) is 0 Å². The number of rotatable bonds is 5. The van der Waals surface area contributed by atoms with Crippen molar-refractivity contribution >= 4 is 17.6 Å². The molecule has 0 spiro atoms. The topological polar surface area (TPSA) is 61.3 Å². The van der Waals surface area contributed by atoms with E-state index in [1.807, 2.05) is 13.8 Å². The Hall–Kier alpha value is -1.20. The lowest BCUT2D eigenvalue weighted by Crippen LogP contribution is -2.24. The molecule has 1 aromatic heterocycles. The monoisotopic (exact) mass is 272 g/mol. The molecule has 0 aliphatic carbocycles. The molecule has 0 aliphatic heterocycles. The van der Waals surface area contributed by atoms with Crippen molar-refractivity contribution in [2.24, 2.45) is 0 Å². The standard InChI is InChI=1S/C12H17ClN2O3/c1-5-18-10(16)8-7-14-11(12(2,3)17-4)15-9(8)6-13/h7H,5-6H2,1-4H3. The van der Waals surface area contributed by atoms with Crippen molar-refractivity contribution in [2.75, 3.05) is 13.7 Å². The molecule has 0 unspecified atom stereocenters. The molecule has 0 aliphatic rings. The third-order valence-corrected chi connectivity index (χ3v) is 2.79. The zero-order chi connectivity index (χ0) is 13.8. The third-order valence-electron chi connectivity index (χ3n) is 2.54. The fraction of sp³-hybridized carbons (Fsp3) is 0.583. The number of carbonyl (C=O) groups is 1. The van der Waals surface area contributed by atoms with Crippen LogP contribution in [0.1, 0.15) is 42.6 Å². The van der Waals surface area contributed by atoms with Crippen LogP contribution in [0.4, 0.5) is 0 Å². The number of alkyl halides is 1. The smallest absolute Gasteiger partial charge is 0.341 e. The van der Waals surface area contributed by atoms with Crippen LogP contribution in [0.3, 0.4) is 0 Å². The van der Waals surface area contributed by atoms with Gasteiger partial charge in [0.2, 0.25) is 0 Å². The Morgan fingerprint density at radius 1 is 1.50 bits per heavy atom. The number of methoxy groups -OCH3 is 1. The van der Waals surface area contributed by atoms with E-state index in [0.29, 0.717) is 23.7 Å². The minimum atomic E-state index is -0.631. The van der Waals surface area contributed by atoms with Crippen LogP contribution in [0.15, 0.2) is 6.20 Å². The fourth-order valence-corrected chi connectivity index (χ4v) is 1.48. The summed E-state index contributed by atoms with van der Waals surface area (Å²) in [4.78, 5) is 20.1. The number of hydrogen-bond donors (Lipinski definition) is 0. The van der Waals surface area contributed by atoms with Gasteiger partial charge >= 0.3 is 5.97 Å². The molecule has 0 N–H and O–H groups in total. The van der Waals surface area contributed by atoms with Crippen molar-refractivity contribution in [3.05, 3.63) is 23.3 Å². The highest BCUT2D eigenvalue weighted by Crippen LogP contribution is 2.21. The summed E-state index contributed by atoms with van der Waals surface area (Å²) >= 11 is 5.80. The lowest BCUT2D eigenvalue weighted by atomic mass is 10.1. The molecule has 6 heteroatoms. The molecule has 18 heavy (non-hydrogen) atoms. The predicted molar refractivity (Wildman–Crippen MR) is 67.6 cm³/mol. The number of halogens is 1. The first-order chi connectivity index (χ1) is 8.46. The first-order valence-corrected chi connectivity index (χ1v) is 6.14. The third kappa shape index (κ3) is 3.17. The Morgan fingerprint density at radius 2 is 2.17 bits per heavy atom. The van der Waals surface area contributed by atoms with Gasteiger partial charge in [-0.15, -0.1) is 11.6 Å². The molecule has 0 aromatic carbocycles. The molecule has 5 nitrogen and oxygen atoms in total. The first-order valence-electron chi connectivity index (χ1n) is 5.60. The maximum absolute atomic E-state index is 11.7. The molecule has 1 aromatic rings. The summed E-state index contributed by atoms with van der Waals surface area (Å²) in [6, 6.07) is 0. The van der Waals surface area contributed by atoms with Crippen LogP contribution in [0, 0.1) is 0 Å². The first kappa shape index (κ1) is 14.9. The highest BCUT2D eigenvalue weighted by molar-refractivity contribution is 6.17. The van der Waals surface area contributed by atoms with E-state index >= 15 is 0 Å². The average Bonchev–Trinajstić information content (AvgIpc) is 2.38. The summed E-state index contributed by atoms with van der Waals surface area (Å²) in [5, 5.41) is 0. The molecule has 0 bridgehead atoms. The normalized spacial score (nSPS) is 11.4. The molecule has 0 saturated carbocycles. The van der Waals surface area contributed by atoms with Gasteiger partial charge < -0.3 is 9.47 Å². The van der Waals surface area contributed by atoms with Gasteiger partial charge in [0.15, 0.2) is 5.82 Å². The van der Waals surface area contributed by atoms with Gasteiger partial charge in [-0.05, 0) is 20.8 Å². The second-order valence-corrected chi connectivity index (χ2v) is 4.39. The number of hydrogen-bond acceptors (Lipinski definition) is 5. The van der Waals surface area contributed by atoms with Crippen LogP contribution in [-0.2, 0) is 21.0 Å². The SMILES string of the molecule is CCOC(=O)c1cnc(C(C)(C)OC)nc1CCl. The Morgan fingerprint density at radius 3 is 2.67 bits per heavy atom. The molecule has 100 valence electrons. The molecule has 0 fully saturated rings. The number of aromatic nitrogens is 2. The van der Waals surface area contributed by atoms with Crippen molar-refractivity contribution in [3.63, 3.8) is 0 Å². The number of ether oxygens (including phenoxy) is 2. The molecular weight excluding hydrogens is 256 g/mol. The second-order valence-electron chi connectivity index (χ2n) is 4.12. The van der Waals surface area contributed by atoms with Gasteiger partial charge in [0, 0.05) is 13.3 Å². The van der Waals surface area contributed by atoms with E-state index in [-0.39, 0.29) is 5.88 Å². The van der Waals surface area contributed by atoms with E-state index in [4.69, 9.17) is 21.1 Å². The van der Waals surface area contributed by atoms with Crippen LogP contribution in [0.5, 0.6) is 0 Å². The van der Waals surface area contributed by atoms with Crippen molar-refractivity contribution in [2.45, 2.75) is 32.3 Å². The van der Waals surface area contributed by atoms with Gasteiger partial charge in [-0.3, -0.25) is 0 Å². The zero-order valence-electron chi connectivity index (χ0n) is 11.0.